The van der Waals surface area contributed by atoms with Crippen LogP contribution in [-0.2, 0) is 6.42 Å². The molecule has 0 bridgehead atoms. The molecule has 0 aliphatic heterocycles. The lowest BCUT2D eigenvalue weighted by Gasteiger charge is -2.12. The van der Waals surface area contributed by atoms with E-state index in [1.54, 1.807) is 10.7 Å². The monoisotopic (exact) mass is 259 g/mol. The molecule has 0 radical (unpaired) electrons. The summed E-state index contributed by atoms with van der Waals surface area (Å²) in [7, 11) is 0. The molecule has 3 rings (SSSR count). The van der Waals surface area contributed by atoms with E-state index in [9.17, 15) is 4.39 Å². The molecule has 0 spiro atoms. The van der Waals surface area contributed by atoms with Gasteiger partial charge in [-0.25, -0.2) is 9.07 Å². The normalized spacial score (nSPS) is 16.6. The van der Waals surface area contributed by atoms with Crippen molar-refractivity contribution in [1.82, 2.24) is 9.78 Å². The van der Waals surface area contributed by atoms with E-state index in [2.05, 4.69) is 5.10 Å². The van der Waals surface area contributed by atoms with E-state index in [4.69, 9.17) is 5.73 Å². The molecule has 1 aliphatic rings. The number of nitrogens with zero attached hydrogens (tertiary/aromatic N) is 2. The summed E-state index contributed by atoms with van der Waals surface area (Å²) in [6.07, 6.45) is 4.88. The van der Waals surface area contributed by atoms with Crippen LogP contribution in [0.4, 0.5) is 4.39 Å². The highest BCUT2D eigenvalue weighted by molar-refractivity contribution is 5.42. The highest BCUT2D eigenvalue weighted by Gasteiger charge is 2.26. The topological polar surface area (TPSA) is 43.8 Å². The molecule has 1 unspecified atom stereocenters. The molecule has 2 aromatic rings. The number of rotatable bonds is 4. The van der Waals surface area contributed by atoms with Crippen LogP contribution >= 0.6 is 0 Å². The van der Waals surface area contributed by atoms with Gasteiger partial charge in [-0.2, -0.15) is 5.10 Å². The maximum absolute atomic E-state index is 14.1. The first-order valence-electron chi connectivity index (χ1n) is 6.74. The molecule has 1 aromatic carbocycles. The molecule has 1 saturated carbocycles. The van der Waals surface area contributed by atoms with Gasteiger partial charge in [0.05, 0.1) is 5.69 Å². The van der Waals surface area contributed by atoms with Gasteiger partial charge in [0.1, 0.15) is 11.5 Å². The van der Waals surface area contributed by atoms with Crippen molar-refractivity contribution in [2.24, 2.45) is 5.73 Å². The molecular weight excluding hydrogens is 241 g/mol. The Morgan fingerprint density at radius 3 is 2.89 bits per heavy atom. The van der Waals surface area contributed by atoms with E-state index >= 15 is 0 Å². The van der Waals surface area contributed by atoms with E-state index in [1.807, 2.05) is 25.3 Å². The van der Waals surface area contributed by atoms with Gasteiger partial charge >= 0.3 is 0 Å². The average molecular weight is 259 g/mol. The van der Waals surface area contributed by atoms with Gasteiger partial charge in [0.2, 0.25) is 0 Å². The molecule has 0 amide bonds. The second-order valence-corrected chi connectivity index (χ2v) is 5.39. The van der Waals surface area contributed by atoms with Crippen molar-refractivity contribution in [3.63, 3.8) is 0 Å². The average Bonchev–Trinajstić information content (AvgIpc) is 3.08. The van der Waals surface area contributed by atoms with Crippen molar-refractivity contribution < 1.29 is 4.39 Å². The Kier molecular flexibility index (Phi) is 3.11. The van der Waals surface area contributed by atoms with E-state index in [0.29, 0.717) is 18.0 Å². The Morgan fingerprint density at radius 1 is 1.42 bits per heavy atom. The third-order valence-corrected chi connectivity index (χ3v) is 3.45. The maximum atomic E-state index is 14.1. The fourth-order valence-corrected chi connectivity index (χ4v) is 2.39. The summed E-state index contributed by atoms with van der Waals surface area (Å²) >= 11 is 0. The number of halogens is 1. The van der Waals surface area contributed by atoms with Crippen molar-refractivity contribution in [3.05, 3.63) is 47.5 Å². The molecule has 100 valence electrons. The van der Waals surface area contributed by atoms with Gasteiger partial charge in [0, 0.05) is 18.2 Å². The third-order valence-electron chi connectivity index (χ3n) is 3.45. The van der Waals surface area contributed by atoms with E-state index in [0.717, 1.165) is 11.3 Å². The highest BCUT2D eigenvalue weighted by atomic mass is 19.1. The molecule has 4 heteroatoms. The predicted octanol–water partition coefficient (Wildman–Crippen LogP) is 2.78. The Balaban J connectivity index is 2.01. The lowest BCUT2D eigenvalue weighted by Crippen LogP contribution is -2.19. The molecule has 1 aromatic heterocycles. The number of nitrogens with two attached hydrogens (primary N) is 1. The second kappa shape index (κ2) is 4.78. The SMILES string of the molecule is CC(N)Cc1cccc(F)c1-n1ccc(C2CC2)n1. The molecular formula is C15H18FN3. The molecule has 1 fully saturated rings. The predicted molar refractivity (Wildman–Crippen MR) is 72.9 cm³/mol. The van der Waals surface area contributed by atoms with Crippen LogP contribution in [0.25, 0.3) is 5.69 Å². The van der Waals surface area contributed by atoms with Gasteiger partial charge in [0.15, 0.2) is 0 Å². The van der Waals surface area contributed by atoms with Crippen molar-refractivity contribution in [3.8, 4) is 5.69 Å². The molecule has 1 heterocycles. The number of aromatic nitrogens is 2. The first-order chi connectivity index (χ1) is 9.15. The first kappa shape index (κ1) is 12.4. The Bertz CT molecular complexity index is 585. The summed E-state index contributed by atoms with van der Waals surface area (Å²) in [5.41, 5.74) is 8.33. The van der Waals surface area contributed by atoms with Crippen molar-refractivity contribution in [1.29, 1.82) is 0 Å². The summed E-state index contributed by atoms with van der Waals surface area (Å²) in [6, 6.07) is 7.10. The van der Waals surface area contributed by atoms with Crippen LogP contribution in [0.3, 0.4) is 0 Å². The van der Waals surface area contributed by atoms with Crippen LogP contribution in [0, 0.1) is 5.82 Å². The number of hydrogen-bond acceptors (Lipinski definition) is 2. The Morgan fingerprint density at radius 2 is 2.21 bits per heavy atom. The first-order valence-corrected chi connectivity index (χ1v) is 6.74. The minimum absolute atomic E-state index is 0.000912. The van der Waals surface area contributed by atoms with Crippen LogP contribution < -0.4 is 5.73 Å². The maximum Gasteiger partial charge on any atom is 0.149 e. The molecule has 0 saturated heterocycles. The quantitative estimate of drug-likeness (QED) is 0.917. The van der Waals surface area contributed by atoms with Gasteiger partial charge < -0.3 is 5.73 Å². The Hall–Kier alpha value is -1.68. The van der Waals surface area contributed by atoms with Crippen LogP contribution in [0.5, 0.6) is 0 Å². The second-order valence-electron chi connectivity index (χ2n) is 5.39. The lowest BCUT2D eigenvalue weighted by atomic mass is 10.1. The molecule has 1 aliphatic carbocycles. The van der Waals surface area contributed by atoms with Gasteiger partial charge in [-0.15, -0.1) is 0 Å². The molecule has 19 heavy (non-hydrogen) atoms. The zero-order valence-electron chi connectivity index (χ0n) is 11.0. The summed E-state index contributed by atoms with van der Waals surface area (Å²) < 4.78 is 15.8. The number of benzene rings is 1. The van der Waals surface area contributed by atoms with Crippen molar-refractivity contribution >= 4 is 0 Å². The van der Waals surface area contributed by atoms with Crippen molar-refractivity contribution in [2.75, 3.05) is 0 Å². The highest BCUT2D eigenvalue weighted by Crippen LogP contribution is 2.39. The summed E-state index contributed by atoms with van der Waals surface area (Å²) in [6.45, 7) is 1.92. The van der Waals surface area contributed by atoms with E-state index in [1.165, 1.54) is 18.9 Å². The fourth-order valence-electron chi connectivity index (χ4n) is 2.39. The van der Waals surface area contributed by atoms with Crippen LogP contribution in [0.15, 0.2) is 30.5 Å². The van der Waals surface area contributed by atoms with E-state index in [-0.39, 0.29) is 11.9 Å². The molecule has 2 N–H and O–H groups in total. The van der Waals surface area contributed by atoms with Gasteiger partial charge in [-0.3, -0.25) is 0 Å². The minimum atomic E-state index is -0.247. The van der Waals surface area contributed by atoms with Gasteiger partial charge in [-0.1, -0.05) is 12.1 Å². The van der Waals surface area contributed by atoms with Crippen molar-refractivity contribution in [2.45, 2.75) is 38.1 Å². The zero-order valence-corrected chi connectivity index (χ0v) is 11.0. The van der Waals surface area contributed by atoms with Crippen LogP contribution in [0.2, 0.25) is 0 Å². The third kappa shape index (κ3) is 2.54. The Labute approximate surface area is 112 Å². The summed E-state index contributed by atoms with van der Waals surface area (Å²) in [4.78, 5) is 0. The zero-order chi connectivity index (χ0) is 13.4. The van der Waals surface area contributed by atoms with Gasteiger partial charge in [-0.05, 0) is 43.9 Å². The van der Waals surface area contributed by atoms with Crippen LogP contribution in [-0.4, -0.2) is 15.8 Å². The van der Waals surface area contributed by atoms with Crippen LogP contribution in [0.1, 0.15) is 36.9 Å². The standard InChI is InChI=1S/C15H18FN3/c1-10(17)9-12-3-2-4-13(16)15(12)19-8-7-14(18-19)11-5-6-11/h2-4,7-8,10-11H,5-6,9,17H2,1H3. The number of para-hydroxylation sites is 1. The smallest absolute Gasteiger partial charge is 0.149 e. The summed E-state index contributed by atoms with van der Waals surface area (Å²) in [5, 5.41) is 4.51. The van der Waals surface area contributed by atoms with E-state index < -0.39 is 0 Å². The minimum Gasteiger partial charge on any atom is -0.328 e. The summed E-state index contributed by atoms with van der Waals surface area (Å²) in [5.74, 6) is 0.327. The fraction of sp³-hybridized carbons (Fsp3) is 0.400. The molecule has 1 atom stereocenters. The number of hydrogen-bond donors (Lipinski definition) is 1. The largest absolute Gasteiger partial charge is 0.328 e. The van der Waals surface area contributed by atoms with Gasteiger partial charge in [0.25, 0.3) is 0 Å². The molecule has 3 nitrogen and oxygen atoms in total. The lowest BCUT2D eigenvalue weighted by molar-refractivity contribution is 0.602.